The van der Waals surface area contributed by atoms with Crippen molar-refractivity contribution in [2.24, 2.45) is 5.73 Å². The van der Waals surface area contributed by atoms with Crippen LogP contribution in [0.3, 0.4) is 0 Å². The Kier molecular flexibility index (Phi) is 3.93. The molecule has 0 radical (unpaired) electrons. The highest BCUT2D eigenvalue weighted by atomic mass is 35.5. The molecule has 11 heavy (non-hydrogen) atoms. The van der Waals surface area contributed by atoms with Crippen LogP contribution >= 0.6 is 11.6 Å². The first kappa shape index (κ1) is 10.3. The van der Waals surface area contributed by atoms with Gasteiger partial charge in [-0.1, -0.05) is 11.6 Å². The Balaban J connectivity index is 0.000001000. The number of nitrogens with two attached hydrogens (primary N) is 1. The number of nitrogen functional groups attached to an aromatic ring is 1. The summed E-state index contributed by atoms with van der Waals surface area (Å²) in [6.45, 7) is 0. The first-order valence-corrected chi connectivity index (χ1v) is 3.18. The molecule has 0 heterocycles. The number of halogens is 2. The van der Waals surface area contributed by atoms with Crippen LogP contribution in [0.5, 0.6) is 0 Å². The highest BCUT2D eigenvalue weighted by Gasteiger charge is 1.93. The third-order valence-corrected chi connectivity index (χ3v) is 1.41. The molecule has 0 aromatic heterocycles. The highest BCUT2D eigenvalue weighted by molar-refractivity contribution is 6.30. The average molecular weight is 190 g/mol. The molecule has 0 spiro atoms. The summed E-state index contributed by atoms with van der Waals surface area (Å²) >= 11 is 5.61. The van der Waals surface area contributed by atoms with Crippen LogP contribution in [0.1, 0.15) is 5.56 Å². The zero-order valence-corrected chi connectivity index (χ0v) is 7.15. The Bertz CT molecular complexity index is 243. The van der Waals surface area contributed by atoms with E-state index >= 15 is 0 Å². The Labute approximate surface area is 76.3 Å². The Morgan fingerprint density at radius 2 is 1.73 bits per heavy atom. The average Bonchev–Trinajstić information content (AvgIpc) is 1.88. The first-order valence-electron chi connectivity index (χ1n) is 2.80. The van der Waals surface area contributed by atoms with Gasteiger partial charge in [-0.05, 0) is 24.3 Å². The van der Waals surface area contributed by atoms with Crippen LogP contribution in [0.15, 0.2) is 24.3 Å². The predicted octanol–water partition coefficient (Wildman–Crippen LogP) is -1.37. The SMILES string of the molecule is N=C(N)c1ccc(Cl)cc1.[Cl-]. The van der Waals surface area contributed by atoms with Crippen molar-refractivity contribution in [2.75, 3.05) is 0 Å². The van der Waals surface area contributed by atoms with E-state index in [4.69, 9.17) is 22.7 Å². The lowest BCUT2D eigenvalue weighted by molar-refractivity contribution is -0.00000232. The van der Waals surface area contributed by atoms with Gasteiger partial charge in [-0.2, -0.15) is 0 Å². The van der Waals surface area contributed by atoms with Gasteiger partial charge in [0.25, 0.3) is 0 Å². The molecular weight excluding hydrogens is 183 g/mol. The normalized spacial score (nSPS) is 8.45. The van der Waals surface area contributed by atoms with E-state index in [0.29, 0.717) is 10.6 Å². The van der Waals surface area contributed by atoms with E-state index in [1.165, 1.54) is 0 Å². The predicted molar refractivity (Wildman–Crippen MR) is 42.5 cm³/mol. The van der Waals surface area contributed by atoms with Crippen LogP contribution in [-0.4, -0.2) is 5.84 Å². The summed E-state index contributed by atoms with van der Waals surface area (Å²) in [5.74, 6) is 0.0664. The van der Waals surface area contributed by atoms with Gasteiger partial charge in [-0.15, -0.1) is 0 Å². The fraction of sp³-hybridized carbons (Fsp3) is 0. The van der Waals surface area contributed by atoms with Crippen molar-refractivity contribution in [1.29, 1.82) is 5.41 Å². The Morgan fingerprint density at radius 3 is 2.09 bits per heavy atom. The standard InChI is InChI=1S/C7H7ClN2.ClH/c8-6-3-1-5(2-4-6)7(9)10;/h1-4H,(H3,9,10);1H/p-1. The van der Waals surface area contributed by atoms with E-state index in [2.05, 4.69) is 0 Å². The van der Waals surface area contributed by atoms with Gasteiger partial charge >= 0.3 is 0 Å². The molecule has 1 rings (SSSR count). The minimum absolute atomic E-state index is 0. The van der Waals surface area contributed by atoms with Crippen molar-refractivity contribution in [2.45, 2.75) is 0 Å². The lowest BCUT2D eigenvalue weighted by Gasteiger charge is -1.95. The molecule has 1 aromatic rings. The number of nitrogens with one attached hydrogen (secondary N) is 1. The third-order valence-electron chi connectivity index (χ3n) is 1.16. The second-order valence-electron chi connectivity index (χ2n) is 1.92. The molecule has 0 unspecified atom stereocenters. The molecular formula is C7H7Cl2N2-. The number of hydrogen-bond donors (Lipinski definition) is 2. The third kappa shape index (κ3) is 2.78. The summed E-state index contributed by atoms with van der Waals surface area (Å²) in [6, 6.07) is 6.84. The van der Waals surface area contributed by atoms with Gasteiger partial charge in [0.15, 0.2) is 0 Å². The van der Waals surface area contributed by atoms with Crippen LogP contribution < -0.4 is 18.1 Å². The quantitative estimate of drug-likeness (QED) is 0.416. The molecule has 4 heteroatoms. The molecule has 0 fully saturated rings. The van der Waals surface area contributed by atoms with E-state index in [1.807, 2.05) is 0 Å². The fourth-order valence-electron chi connectivity index (χ4n) is 0.629. The van der Waals surface area contributed by atoms with Gasteiger partial charge in [0, 0.05) is 10.6 Å². The molecule has 0 aliphatic rings. The summed E-state index contributed by atoms with van der Waals surface area (Å²) in [5.41, 5.74) is 5.90. The lowest BCUT2D eigenvalue weighted by atomic mass is 10.2. The molecule has 0 bridgehead atoms. The summed E-state index contributed by atoms with van der Waals surface area (Å²) in [5, 5.41) is 7.70. The van der Waals surface area contributed by atoms with Crippen molar-refractivity contribution in [3.63, 3.8) is 0 Å². The molecule has 0 aliphatic carbocycles. The Hall–Kier alpha value is -0.730. The minimum Gasteiger partial charge on any atom is -1.00 e. The number of rotatable bonds is 1. The van der Waals surface area contributed by atoms with E-state index < -0.39 is 0 Å². The lowest BCUT2D eigenvalue weighted by Crippen LogP contribution is -3.00. The van der Waals surface area contributed by atoms with Crippen molar-refractivity contribution in [3.8, 4) is 0 Å². The zero-order chi connectivity index (χ0) is 7.56. The molecule has 0 atom stereocenters. The summed E-state index contributed by atoms with van der Waals surface area (Å²) in [4.78, 5) is 0. The van der Waals surface area contributed by atoms with Crippen molar-refractivity contribution < 1.29 is 12.4 Å². The number of amidine groups is 1. The molecule has 0 amide bonds. The summed E-state index contributed by atoms with van der Waals surface area (Å²) in [7, 11) is 0. The fourth-order valence-corrected chi connectivity index (χ4v) is 0.755. The number of benzene rings is 1. The maximum Gasteiger partial charge on any atom is 0.122 e. The van der Waals surface area contributed by atoms with Crippen LogP contribution in [0.2, 0.25) is 5.02 Å². The summed E-state index contributed by atoms with van der Waals surface area (Å²) in [6.07, 6.45) is 0. The molecule has 2 nitrogen and oxygen atoms in total. The van der Waals surface area contributed by atoms with Gasteiger partial charge in [0.1, 0.15) is 5.84 Å². The largest absolute Gasteiger partial charge is 1.00 e. The van der Waals surface area contributed by atoms with E-state index in [0.717, 1.165) is 0 Å². The van der Waals surface area contributed by atoms with E-state index in [9.17, 15) is 0 Å². The van der Waals surface area contributed by atoms with Crippen LogP contribution in [0.4, 0.5) is 0 Å². The van der Waals surface area contributed by atoms with Crippen molar-refractivity contribution in [1.82, 2.24) is 0 Å². The zero-order valence-electron chi connectivity index (χ0n) is 5.64. The van der Waals surface area contributed by atoms with Crippen LogP contribution in [-0.2, 0) is 0 Å². The van der Waals surface area contributed by atoms with E-state index in [1.54, 1.807) is 24.3 Å². The highest BCUT2D eigenvalue weighted by Crippen LogP contribution is 2.08. The minimum atomic E-state index is 0. The van der Waals surface area contributed by atoms with Crippen LogP contribution in [0, 0.1) is 5.41 Å². The second-order valence-corrected chi connectivity index (χ2v) is 2.36. The second kappa shape index (κ2) is 4.21. The van der Waals surface area contributed by atoms with Gasteiger partial charge in [-0.25, -0.2) is 0 Å². The van der Waals surface area contributed by atoms with Gasteiger partial charge < -0.3 is 18.1 Å². The first-order chi connectivity index (χ1) is 4.70. The molecule has 60 valence electrons. The maximum absolute atomic E-state index is 7.04. The molecule has 0 saturated heterocycles. The van der Waals surface area contributed by atoms with E-state index in [-0.39, 0.29) is 18.2 Å². The molecule has 1 aromatic carbocycles. The van der Waals surface area contributed by atoms with Crippen molar-refractivity contribution in [3.05, 3.63) is 34.9 Å². The summed E-state index contributed by atoms with van der Waals surface area (Å²) < 4.78 is 0. The van der Waals surface area contributed by atoms with Gasteiger partial charge in [0.05, 0.1) is 0 Å². The van der Waals surface area contributed by atoms with Gasteiger partial charge in [-0.3, -0.25) is 5.41 Å². The maximum atomic E-state index is 7.04. The smallest absolute Gasteiger partial charge is 0.122 e. The Morgan fingerprint density at radius 1 is 1.27 bits per heavy atom. The monoisotopic (exact) mass is 189 g/mol. The van der Waals surface area contributed by atoms with Gasteiger partial charge in [0.2, 0.25) is 0 Å². The topological polar surface area (TPSA) is 49.9 Å². The molecule has 0 saturated carbocycles. The molecule has 3 N–H and O–H groups in total. The molecule has 0 aliphatic heterocycles. The number of hydrogen-bond acceptors (Lipinski definition) is 1. The van der Waals surface area contributed by atoms with Crippen LogP contribution in [0.25, 0.3) is 0 Å². The van der Waals surface area contributed by atoms with Crippen molar-refractivity contribution >= 4 is 17.4 Å².